The van der Waals surface area contributed by atoms with Crippen molar-refractivity contribution >= 4 is 17.2 Å². The van der Waals surface area contributed by atoms with Gasteiger partial charge >= 0.3 is 0 Å². The molecule has 1 amide bonds. The summed E-state index contributed by atoms with van der Waals surface area (Å²) in [6.07, 6.45) is 2.62. The lowest BCUT2D eigenvalue weighted by Crippen LogP contribution is -2.25. The maximum Gasteiger partial charge on any atom is 0.255 e. The van der Waals surface area contributed by atoms with Gasteiger partial charge in [0.1, 0.15) is 5.69 Å². The highest BCUT2D eigenvalue weighted by atomic mass is 32.1. The zero-order valence-corrected chi connectivity index (χ0v) is 17.9. The van der Waals surface area contributed by atoms with Crippen molar-refractivity contribution in [2.24, 2.45) is 0 Å². The fraction of sp³-hybridized carbons (Fsp3) is 0.208. The number of hydrogen-bond donors (Lipinski definition) is 1. The van der Waals surface area contributed by atoms with Crippen LogP contribution in [0.4, 0.5) is 0 Å². The highest BCUT2D eigenvalue weighted by Crippen LogP contribution is 2.23. The molecule has 0 aliphatic carbocycles. The predicted octanol–water partition coefficient (Wildman–Crippen LogP) is 4.64. The number of hydrogen-bond acceptors (Lipinski definition) is 4. The minimum Gasteiger partial charge on any atom is -0.352 e. The monoisotopic (exact) mass is 416 g/mol. The molecule has 2 aromatic carbocycles. The van der Waals surface area contributed by atoms with Crippen molar-refractivity contribution in [1.29, 1.82) is 0 Å². The van der Waals surface area contributed by atoms with Crippen LogP contribution >= 0.6 is 11.3 Å². The van der Waals surface area contributed by atoms with E-state index in [1.807, 2.05) is 73.3 Å². The van der Waals surface area contributed by atoms with Crippen LogP contribution in [-0.4, -0.2) is 27.2 Å². The third kappa shape index (κ3) is 4.66. The molecule has 0 radical (unpaired) electrons. The minimum atomic E-state index is -0.105. The van der Waals surface area contributed by atoms with Crippen LogP contribution < -0.4 is 5.32 Å². The molecule has 0 unspecified atom stereocenters. The first-order valence-electron chi connectivity index (χ1n) is 9.98. The van der Waals surface area contributed by atoms with Crippen molar-refractivity contribution < 1.29 is 4.79 Å². The van der Waals surface area contributed by atoms with Crippen molar-refractivity contribution in [3.05, 3.63) is 93.6 Å². The quantitative estimate of drug-likeness (QED) is 0.477. The zero-order valence-electron chi connectivity index (χ0n) is 17.1. The number of rotatable bonds is 7. The lowest BCUT2D eigenvalue weighted by Gasteiger charge is -2.05. The van der Waals surface area contributed by atoms with E-state index in [0.717, 1.165) is 28.2 Å². The average Bonchev–Trinajstić information content (AvgIpc) is 3.32. The van der Waals surface area contributed by atoms with Crippen molar-refractivity contribution in [1.82, 2.24) is 20.1 Å². The second-order valence-corrected chi connectivity index (χ2v) is 8.48. The highest BCUT2D eigenvalue weighted by Gasteiger charge is 2.18. The van der Waals surface area contributed by atoms with Gasteiger partial charge in [0.25, 0.3) is 5.91 Å². The first-order valence-corrected chi connectivity index (χ1v) is 10.8. The van der Waals surface area contributed by atoms with Crippen molar-refractivity contribution in [3.63, 3.8) is 0 Å². The highest BCUT2D eigenvalue weighted by molar-refractivity contribution is 7.11. The normalized spacial score (nSPS) is 10.9. The van der Waals surface area contributed by atoms with Crippen LogP contribution in [0.5, 0.6) is 0 Å². The van der Waals surface area contributed by atoms with E-state index in [2.05, 4.69) is 22.4 Å². The number of nitrogens with zero attached hydrogens (tertiary/aromatic N) is 3. The second-order valence-electron chi connectivity index (χ2n) is 7.19. The van der Waals surface area contributed by atoms with Gasteiger partial charge in [-0.05, 0) is 19.4 Å². The molecule has 0 saturated heterocycles. The zero-order chi connectivity index (χ0) is 20.9. The summed E-state index contributed by atoms with van der Waals surface area (Å²) in [6.45, 7) is 5.21. The Morgan fingerprint density at radius 2 is 1.73 bits per heavy atom. The van der Waals surface area contributed by atoms with Gasteiger partial charge in [0, 0.05) is 29.6 Å². The van der Waals surface area contributed by atoms with Gasteiger partial charge in [-0.2, -0.15) is 5.10 Å². The molecule has 0 saturated carbocycles. The molecular formula is C24H24N4OS. The molecule has 4 rings (SSSR count). The van der Waals surface area contributed by atoms with Gasteiger partial charge in [0.15, 0.2) is 0 Å². The Kier molecular flexibility index (Phi) is 6.05. The van der Waals surface area contributed by atoms with Crippen LogP contribution in [0.25, 0.3) is 11.3 Å². The standard InChI is InChI=1S/C24H24N4OS/c1-17-22(30-18(2)26-17)13-14-25-24(29)21-16-28(15-19-9-5-3-6-10-19)27-23(21)20-11-7-4-8-12-20/h3-12,16H,13-15H2,1-2H3,(H,25,29). The Hall–Kier alpha value is -3.25. The van der Waals surface area contributed by atoms with Gasteiger partial charge in [-0.25, -0.2) is 4.98 Å². The van der Waals surface area contributed by atoms with E-state index in [1.165, 1.54) is 4.88 Å². The number of aromatic nitrogens is 3. The average molecular weight is 417 g/mol. The van der Waals surface area contributed by atoms with Crippen molar-refractivity contribution in [3.8, 4) is 11.3 Å². The smallest absolute Gasteiger partial charge is 0.255 e. The van der Waals surface area contributed by atoms with Gasteiger partial charge in [-0.1, -0.05) is 60.7 Å². The molecule has 0 spiro atoms. The van der Waals surface area contributed by atoms with Gasteiger partial charge in [0.05, 0.1) is 22.8 Å². The Balaban J connectivity index is 1.54. The van der Waals surface area contributed by atoms with E-state index >= 15 is 0 Å². The lowest BCUT2D eigenvalue weighted by atomic mass is 10.1. The van der Waals surface area contributed by atoms with Crippen LogP contribution in [-0.2, 0) is 13.0 Å². The van der Waals surface area contributed by atoms with E-state index in [-0.39, 0.29) is 5.91 Å². The van der Waals surface area contributed by atoms with Crippen LogP contribution in [0, 0.1) is 13.8 Å². The molecule has 0 aliphatic heterocycles. The number of carbonyl (C=O) groups is 1. The molecular weight excluding hydrogens is 392 g/mol. The van der Waals surface area contributed by atoms with Gasteiger partial charge in [0.2, 0.25) is 0 Å². The second kappa shape index (κ2) is 9.05. The molecule has 30 heavy (non-hydrogen) atoms. The summed E-state index contributed by atoms with van der Waals surface area (Å²) < 4.78 is 1.84. The lowest BCUT2D eigenvalue weighted by molar-refractivity contribution is 0.0954. The molecule has 1 N–H and O–H groups in total. The number of aryl methyl sites for hydroxylation is 2. The fourth-order valence-corrected chi connectivity index (χ4v) is 4.38. The minimum absolute atomic E-state index is 0.105. The Morgan fingerprint density at radius 1 is 1.03 bits per heavy atom. The van der Waals surface area contributed by atoms with Crippen LogP contribution in [0.1, 0.15) is 31.5 Å². The molecule has 5 nitrogen and oxygen atoms in total. The maximum atomic E-state index is 13.0. The van der Waals surface area contributed by atoms with Crippen molar-refractivity contribution in [2.45, 2.75) is 26.8 Å². The molecule has 0 bridgehead atoms. The summed E-state index contributed by atoms with van der Waals surface area (Å²) >= 11 is 1.69. The van der Waals surface area contributed by atoms with E-state index in [4.69, 9.17) is 5.10 Å². The van der Waals surface area contributed by atoms with Gasteiger partial charge in [-0.3, -0.25) is 9.48 Å². The Morgan fingerprint density at radius 3 is 2.40 bits per heavy atom. The number of carbonyl (C=O) groups excluding carboxylic acids is 1. The number of nitrogens with one attached hydrogen (secondary N) is 1. The largest absolute Gasteiger partial charge is 0.352 e. The van der Waals surface area contributed by atoms with E-state index in [0.29, 0.717) is 24.3 Å². The fourth-order valence-electron chi connectivity index (χ4n) is 3.44. The summed E-state index contributed by atoms with van der Waals surface area (Å²) in [5.41, 5.74) is 4.42. The van der Waals surface area contributed by atoms with Crippen molar-refractivity contribution in [2.75, 3.05) is 6.54 Å². The summed E-state index contributed by atoms with van der Waals surface area (Å²) in [4.78, 5) is 18.7. The molecule has 0 atom stereocenters. The SMILES string of the molecule is Cc1nc(C)c(CCNC(=O)c2cn(Cc3ccccc3)nc2-c2ccccc2)s1. The topological polar surface area (TPSA) is 59.8 Å². The molecule has 2 heterocycles. The Bertz CT molecular complexity index is 1130. The summed E-state index contributed by atoms with van der Waals surface area (Å²) in [5, 5.41) is 8.84. The van der Waals surface area contributed by atoms with Gasteiger partial charge < -0.3 is 5.32 Å². The van der Waals surface area contributed by atoms with Gasteiger partial charge in [-0.15, -0.1) is 11.3 Å². The van der Waals surface area contributed by atoms with E-state index in [1.54, 1.807) is 11.3 Å². The molecule has 4 aromatic rings. The van der Waals surface area contributed by atoms with E-state index < -0.39 is 0 Å². The number of benzene rings is 2. The third-order valence-electron chi connectivity index (χ3n) is 4.88. The first-order chi connectivity index (χ1) is 14.6. The van der Waals surface area contributed by atoms with Crippen LogP contribution in [0.15, 0.2) is 66.9 Å². The van der Waals surface area contributed by atoms with Crippen LogP contribution in [0.3, 0.4) is 0 Å². The molecule has 0 aliphatic rings. The maximum absolute atomic E-state index is 13.0. The number of amides is 1. The summed E-state index contributed by atoms with van der Waals surface area (Å²) in [7, 11) is 0. The predicted molar refractivity (Wildman–Crippen MR) is 121 cm³/mol. The summed E-state index contributed by atoms with van der Waals surface area (Å²) in [6, 6.07) is 20.0. The molecule has 152 valence electrons. The summed E-state index contributed by atoms with van der Waals surface area (Å²) in [5.74, 6) is -0.105. The molecule has 2 aromatic heterocycles. The molecule has 0 fully saturated rings. The van der Waals surface area contributed by atoms with E-state index in [9.17, 15) is 4.79 Å². The third-order valence-corrected chi connectivity index (χ3v) is 6.01. The number of thiazole rings is 1. The molecule has 6 heteroatoms. The van der Waals surface area contributed by atoms with Crippen LogP contribution in [0.2, 0.25) is 0 Å². The first kappa shape index (κ1) is 20.0. The Labute approximate surface area is 180 Å².